The number of methoxy groups -OCH3 is 1. The molecule has 1 heterocycles. The molecule has 4 aliphatic carbocycles. The van der Waals surface area contributed by atoms with Gasteiger partial charge in [-0.15, -0.1) is 0 Å². The molecule has 2 bridgehead atoms. The topological polar surface area (TPSA) is 65.1 Å². The number of carbonyl (C=O) groups excluding carboxylic acids is 2. The van der Waals surface area contributed by atoms with Crippen LogP contribution in [-0.2, 0) is 23.8 Å². The first-order valence-corrected chi connectivity index (χ1v) is 12.0. The van der Waals surface area contributed by atoms with E-state index in [0.717, 1.165) is 24.7 Å². The van der Waals surface area contributed by atoms with Crippen LogP contribution in [0.4, 0.5) is 0 Å². The van der Waals surface area contributed by atoms with Crippen LogP contribution in [0.1, 0.15) is 85.0 Å². The summed E-state index contributed by atoms with van der Waals surface area (Å²) in [5.41, 5.74) is 1.15. The SMILES string of the molecule is COC(=O)CCC(=O)OC[C@]12CC[C@H]3[C@]4(C)CCCC(C)(C)[C@H]4CC[C@@]3(C1)[C@@H]1O[C@@H]12. The Kier molecular flexibility index (Phi) is 4.64. The lowest BCUT2D eigenvalue weighted by Gasteiger charge is -2.65. The van der Waals surface area contributed by atoms with Crippen LogP contribution in [0.3, 0.4) is 0 Å². The Balaban J connectivity index is 1.31. The molecule has 30 heavy (non-hydrogen) atoms. The number of carbonyl (C=O) groups is 2. The molecule has 0 aromatic rings. The summed E-state index contributed by atoms with van der Waals surface area (Å²) >= 11 is 0. The Morgan fingerprint density at radius 1 is 0.933 bits per heavy atom. The van der Waals surface area contributed by atoms with Crippen LogP contribution in [0.2, 0.25) is 0 Å². The molecular formula is C25H38O5. The molecule has 5 nitrogen and oxygen atoms in total. The van der Waals surface area contributed by atoms with E-state index >= 15 is 0 Å². The van der Waals surface area contributed by atoms with Crippen LogP contribution in [-0.4, -0.2) is 37.9 Å². The minimum atomic E-state index is -0.364. The third kappa shape index (κ3) is 2.83. The van der Waals surface area contributed by atoms with Crippen molar-refractivity contribution in [3.8, 4) is 0 Å². The standard InChI is InChI=1S/C25H38O5/c1-22(2)10-5-11-23(3)16(22)9-13-25-14-24(12-8-17(23)25,20-21(25)30-20)15-29-19(27)7-6-18(26)28-4/h16-17,20-21H,5-15H2,1-4H3/t16-,17+,20+,21-,23-,24+,25+/m1/s1. The van der Waals surface area contributed by atoms with Gasteiger partial charge in [0.2, 0.25) is 0 Å². The predicted molar refractivity (Wildman–Crippen MR) is 112 cm³/mol. The number of esters is 2. The van der Waals surface area contributed by atoms with E-state index in [1.807, 2.05) is 0 Å². The lowest BCUT2D eigenvalue weighted by molar-refractivity contribution is -0.182. The van der Waals surface area contributed by atoms with E-state index in [1.54, 1.807) is 0 Å². The summed E-state index contributed by atoms with van der Waals surface area (Å²) in [6.45, 7) is 8.05. The Morgan fingerprint density at radius 3 is 2.43 bits per heavy atom. The monoisotopic (exact) mass is 418 g/mol. The molecule has 5 rings (SSSR count). The highest BCUT2D eigenvalue weighted by Gasteiger charge is 2.78. The van der Waals surface area contributed by atoms with E-state index in [-0.39, 0.29) is 36.3 Å². The van der Waals surface area contributed by atoms with Gasteiger partial charge in [0.05, 0.1) is 38.8 Å². The molecule has 1 saturated heterocycles. The Bertz CT molecular complexity index is 746. The fourth-order valence-electron chi connectivity index (χ4n) is 9.06. The number of hydrogen-bond acceptors (Lipinski definition) is 5. The first kappa shape index (κ1) is 20.8. The Labute approximate surface area is 180 Å². The summed E-state index contributed by atoms with van der Waals surface area (Å²) in [5.74, 6) is 0.899. The minimum absolute atomic E-state index is 0.00449. The molecule has 168 valence electrons. The van der Waals surface area contributed by atoms with Crippen LogP contribution in [0, 0.1) is 33.5 Å². The molecule has 0 radical (unpaired) electrons. The quantitative estimate of drug-likeness (QED) is 0.480. The second-order valence-electron chi connectivity index (χ2n) is 12.0. The van der Waals surface area contributed by atoms with Crippen molar-refractivity contribution < 1.29 is 23.8 Å². The van der Waals surface area contributed by atoms with Crippen molar-refractivity contribution in [3.05, 3.63) is 0 Å². The van der Waals surface area contributed by atoms with Crippen LogP contribution in [0.25, 0.3) is 0 Å². The summed E-state index contributed by atoms with van der Waals surface area (Å²) in [5, 5.41) is 0. The molecule has 5 fully saturated rings. The summed E-state index contributed by atoms with van der Waals surface area (Å²) in [7, 11) is 1.34. The van der Waals surface area contributed by atoms with Crippen LogP contribution in [0.15, 0.2) is 0 Å². The fourth-order valence-corrected chi connectivity index (χ4v) is 9.06. The van der Waals surface area contributed by atoms with Crippen molar-refractivity contribution in [2.75, 3.05) is 13.7 Å². The fraction of sp³-hybridized carbons (Fsp3) is 0.920. The van der Waals surface area contributed by atoms with Gasteiger partial charge in [-0.05, 0) is 67.6 Å². The molecule has 0 aromatic heterocycles. The van der Waals surface area contributed by atoms with Gasteiger partial charge in [0, 0.05) is 10.8 Å². The molecular weight excluding hydrogens is 380 g/mol. The van der Waals surface area contributed by atoms with Crippen LogP contribution < -0.4 is 0 Å². The second-order valence-corrected chi connectivity index (χ2v) is 12.0. The van der Waals surface area contributed by atoms with Crippen molar-refractivity contribution in [1.82, 2.24) is 0 Å². The van der Waals surface area contributed by atoms with Crippen molar-refractivity contribution in [2.45, 2.75) is 97.2 Å². The maximum absolute atomic E-state index is 12.2. The molecule has 7 atom stereocenters. The van der Waals surface area contributed by atoms with Gasteiger partial charge in [0.25, 0.3) is 0 Å². The number of epoxide rings is 1. The molecule has 5 heteroatoms. The van der Waals surface area contributed by atoms with Crippen molar-refractivity contribution in [3.63, 3.8) is 0 Å². The molecule has 4 saturated carbocycles. The zero-order valence-corrected chi connectivity index (χ0v) is 19.1. The van der Waals surface area contributed by atoms with E-state index in [1.165, 1.54) is 45.6 Å². The highest BCUT2D eigenvalue weighted by molar-refractivity contribution is 5.77. The van der Waals surface area contributed by atoms with Gasteiger partial charge in [0.15, 0.2) is 0 Å². The van der Waals surface area contributed by atoms with Gasteiger partial charge in [-0.2, -0.15) is 0 Å². The van der Waals surface area contributed by atoms with Gasteiger partial charge >= 0.3 is 11.9 Å². The van der Waals surface area contributed by atoms with Gasteiger partial charge in [0.1, 0.15) is 0 Å². The number of hydrogen-bond donors (Lipinski definition) is 0. The molecule has 1 aliphatic heterocycles. The van der Waals surface area contributed by atoms with Gasteiger partial charge < -0.3 is 14.2 Å². The molecule has 0 aromatic carbocycles. The van der Waals surface area contributed by atoms with Crippen LogP contribution >= 0.6 is 0 Å². The summed E-state index contributed by atoms with van der Waals surface area (Å²) in [6, 6.07) is 0. The van der Waals surface area contributed by atoms with E-state index in [0.29, 0.717) is 29.0 Å². The molecule has 0 N–H and O–H groups in total. The van der Waals surface area contributed by atoms with Crippen molar-refractivity contribution >= 4 is 11.9 Å². The first-order chi connectivity index (χ1) is 14.2. The largest absolute Gasteiger partial charge is 0.469 e. The molecule has 0 unspecified atom stereocenters. The first-order valence-electron chi connectivity index (χ1n) is 12.0. The van der Waals surface area contributed by atoms with E-state index in [4.69, 9.17) is 9.47 Å². The second kappa shape index (κ2) is 6.70. The summed E-state index contributed by atoms with van der Waals surface area (Å²) in [6.07, 6.45) is 11.0. The maximum Gasteiger partial charge on any atom is 0.306 e. The van der Waals surface area contributed by atoms with E-state index in [2.05, 4.69) is 25.5 Å². The van der Waals surface area contributed by atoms with Crippen molar-refractivity contribution in [2.24, 2.45) is 33.5 Å². The van der Waals surface area contributed by atoms with Gasteiger partial charge in [-0.3, -0.25) is 9.59 Å². The third-order valence-corrected chi connectivity index (χ3v) is 10.2. The lowest BCUT2D eigenvalue weighted by atomic mass is 9.40. The van der Waals surface area contributed by atoms with Crippen LogP contribution in [0.5, 0.6) is 0 Å². The maximum atomic E-state index is 12.2. The van der Waals surface area contributed by atoms with E-state index in [9.17, 15) is 9.59 Å². The Hall–Kier alpha value is -1.10. The highest BCUT2D eigenvalue weighted by atomic mass is 16.6. The zero-order chi connectivity index (χ0) is 21.4. The van der Waals surface area contributed by atoms with Gasteiger partial charge in [-0.25, -0.2) is 0 Å². The average molecular weight is 419 g/mol. The summed E-state index contributed by atoms with van der Waals surface area (Å²) in [4.78, 5) is 23.5. The minimum Gasteiger partial charge on any atom is -0.469 e. The Morgan fingerprint density at radius 2 is 1.67 bits per heavy atom. The molecule has 0 amide bonds. The van der Waals surface area contributed by atoms with Gasteiger partial charge in [-0.1, -0.05) is 27.2 Å². The number of fused-ring (bicyclic) bond motifs is 5. The predicted octanol–water partition coefficient (Wildman–Crippen LogP) is 4.66. The normalized spacial score (nSPS) is 47.5. The molecule has 1 spiro atoms. The summed E-state index contributed by atoms with van der Waals surface area (Å²) < 4.78 is 16.7. The number of rotatable bonds is 5. The van der Waals surface area contributed by atoms with E-state index < -0.39 is 0 Å². The highest BCUT2D eigenvalue weighted by Crippen LogP contribution is 2.78. The zero-order valence-electron chi connectivity index (χ0n) is 19.1. The lowest BCUT2D eigenvalue weighted by Crippen LogP contribution is -2.58. The van der Waals surface area contributed by atoms with Crippen molar-refractivity contribution in [1.29, 1.82) is 0 Å². The third-order valence-electron chi connectivity index (χ3n) is 10.2. The number of ether oxygens (including phenoxy) is 3. The average Bonchev–Trinajstić information content (AvgIpc) is 3.48. The molecule has 5 aliphatic rings. The smallest absolute Gasteiger partial charge is 0.306 e.